The third-order valence-electron chi connectivity index (χ3n) is 6.32. The van der Waals surface area contributed by atoms with Gasteiger partial charge in [-0.25, -0.2) is 4.98 Å². The van der Waals surface area contributed by atoms with Gasteiger partial charge in [-0.15, -0.1) is 0 Å². The van der Waals surface area contributed by atoms with E-state index in [-0.39, 0.29) is 23.2 Å². The second-order valence-electron chi connectivity index (χ2n) is 9.96. The fourth-order valence-corrected chi connectivity index (χ4v) is 4.00. The van der Waals surface area contributed by atoms with Crippen LogP contribution in [0.3, 0.4) is 0 Å². The Kier molecular flexibility index (Phi) is 7.40. The van der Waals surface area contributed by atoms with Gasteiger partial charge >= 0.3 is 6.18 Å². The van der Waals surface area contributed by atoms with Crippen LogP contribution in [0.2, 0.25) is 0 Å². The molecule has 0 saturated carbocycles. The molecule has 0 aliphatic carbocycles. The van der Waals surface area contributed by atoms with Crippen LogP contribution >= 0.6 is 0 Å². The minimum atomic E-state index is -4.47. The second-order valence-corrected chi connectivity index (χ2v) is 9.96. The van der Waals surface area contributed by atoms with Crippen molar-refractivity contribution in [1.82, 2.24) is 20.6 Å². The van der Waals surface area contributed by atoms with Crippen LogP contribution in [0.1, 0.15) is 54.9 Å². The number of carbonyl (C=O) groups is 1. The van der Waals surface area contributed by atoms with Gasteiger partial charge in [-0.3, -0.25) is 9.78 Å². The lowest BCUT2D eigenvalue weighted by Gasteiger charge is -2.27. The number of amides is 1. The minimum Gasteiger partial charge on any atom is -0.355 e. The van der Waals surface area contributed by atoms with Crippen molar-refractivity contribution >= 4 is 28.8 Å². The molecular weight excluding hydrogens is 481 g/mol. The van der Waals surface area contributed by atoms with Crippen molar-refractivity contribution < 1.29 is 18.0 Å². The van der Waals surface area contributed by atoms with Crippen LogP contribution in [-0.4, -0.2) is 34.6 Å². The first-order valence-electron chi connectivity index (χ1n) is 12.1. The molecule has 1 aromatic carbocycles. The molecule has 0 spiro atoms. The number of carbonyl (C=O) groups excluding carboxylic acids is 1. The van der Waals surface area contributed by atoms with Gasteiger partial charge in [-0.05, 0) is 76.1 Å². The van der Waals surface area contributed by atoms with E-state index in [1.807, 2.05) is 19.9 Å². The van der Waals surface area contributed by atoms with Crippen LogP contribution in [0.25, 0.3) is 0 Å². The van der Waals surface area contributed by atoms with Crippen molar-refractivity contribution in [1.29, 1.82) is 0 Å². The van der Waals surface area contributed by atoms with E-state index in [1.54, 1.807) is 12.1 Å². The summed E-state index contributed by atoms with van der Waals surface area (Å²) < 4.78 is 40.8. The normalized spacial score (nSPS) is 13.7. The zero-order valence-electron chi connectivity index (χ0n) is 21.3. The van der Waals surface area contributed by atoms with Crippen molar-refractivity contribution in [3.8, 4) is 0 Å². The molecule has 10 heteroatoms. The molecule has 2 aromatic heterocycles. The number of rotatable bonds is 7. The summed E-state index contributed by atoms with van der Waals surface area (Å²) in [5, 5.41) is 12.6. The molecule has 1 aliphatic rings. The minimum absolute atomic E-state index is 0.108. The average molecular weight is 513 g/mol. The molecule has 1 aliphatic heterocycles. The Morgan fingerprint density at radius 1 is 1.00 bits per heavy atom. The predicted octanol–water partition coefficient (Wildman–Crippen LogP) is 5.59. The molecule has 7 nitrogen and oxygen atoms in total. The lowest BCUT2D eigenvalue weighted by molar-refractivity contribution is -0.181. The van der Waals surface area contributed by atoms with E-state index < -0.39 is 11.6 Å². The molecule has 0 radical (unpaired) electrons. The molecule has 4 N–H and O–H groups in total. The van der Waals surface area contributed by atoms with Gasteiger partial charge in [0.25, 0.3) is 5.91 Å². The number of benzene rings is 1. The van der Waals surface area contributed by atoms with Gasteiger partial charge in [0.05, 0.1) is 16.9 Å². The maximum atomic E-state index is 13.6. The number of anilines is 4. The fraction of sp³-hybridized carbons (Fsp3) is 0.370. The SMILES string of the molecule is CC(C)NC(=O)c1cnc(Nc2ccc3c(c2)CCNC3)cc1Nc1ccnc(C(C)(C)C(F)(F)F)c1. The second kappa shape index (κ2) is 10.4. The van der Waals surface area contributed by atoms with Crippen molar-refractivity contribution in [2.45, 2.75) is 58.3 Å². The summed E-state index contributed by atoms with van der Waals surface area (Å²) in [5.41, 5.74) is 2.14. The third kappa shape index (κ3) is 6.02. The Morgan fingerprint density at radius 2 is 1.76 bits per heavy atom. The van der Waals surface area contributed by atoms with Crippen molar-refractivity contribution in [2.75, 3.05) is 17.2 Å². The number of alkyl halides is 3. The summed E-state index contributed by atoms with van der Waals surface area (Å²) in [4.78, 5) is 21.3. The number of nitrogens with zero attached hydrogens (tertiary/aromatic N) is 2. The molecule has 0 bridgehead atoms. The number of halogens is 3. The molecule has 0 saturated heterocycles. The Balaban J connectivity index is 1.66. The largest absolute Gasteiger partial charge is 0.399 e. The van der Waals surface area contributed by atoms with Crippen LogP contribution in [0, 0.1) is 0 Å². The van der Waals surface area contributed by atoms with Gasteiger partial charge < -0.3 is 21.3 Å². The van der Waals surface area contributed by atoms with E-state index in [9.17, 15) is 18.0 Å². The van der Waals surface area contributed by atoms with E-state index in [2.05, 4.69) is 43.4 Å². The van der Waals surface area contributed by atoms with Crippen LogP contribution in [0.15, 0.2) is 48.8 Å². The first-order chi connectivity index (χ1) is 17.4. The summed E-state index contributed by atoms with van der Waals surface area (Å²) in [5.74, 6) is 0.144. The molecule has 0 fully saturated rings. The zero-order valence-corrected chi connectivity index (χ0v) is 21.3. The maximum Gasteiger partial charge on any atom is 0.399 e. The Hall–Kier alpha value is -3.66. The number of pyridine rings is 2. The van der Waals surface area contributed by atoms with Gasteiger partial charge in [0, 0.05) is 42.4 Å². The van der Waals surface area contributed by atoms with E-state index in [4.69, 9.17) is 0 Å². The van der Waals surface area contributed by atoms with Crippen LogP contribution in [-0.2, 0) is 18.4 Å². The van der Waals surface area contributed by atoms with Gasteiger partial charge in [-0.1, -0.05) is 6.07 Å². The zero-order chi connectivity index (χ0) is 26.8. The Bertz CT molecular complexity index is 1290. The van der Waals surface area contributed by atoms with Crippen LogP contribution in [0.5, 0.6) is 0 Å². The van der Waals surface area contributed by atoms with Crippen molar-refractivity contribution in [3.05, 3.63) is 71.2 Å². The summed E-state index contributed by atoms with van der Waals surface area (Å²) in [7, 11) is 0. The predicted molar refractivity (Wildman–Crippen MR) is 139 cm³/mol. The monoisotopic (exact) mass is 512 g/mol. The number of nitrogens with one attached hydrogen (secondary N) is 4. The number of hydrogen-bond donors (Lipinski definition) is 4. The highest BCUT2D eigenvalue weighted by Gasteiger charge is 2.49. The number of fused-ring (bicyclic) bond motifs is 1. The molecule has 3 aromatic rings. The van der Waals surface area contributed by atoms with E-state index >= 15 is 0 Å². The molecule has 4 rings (SSSR count). The maximum absolute atomic E-state index is 13.6. The smallest absolute Gasteiger partial charge is 0.355 e. The average Bonchev–Trinajstić information content (AvgIpc) is 2.83. The highest BCUT2D eigenvalue weighted by molar-refractivity contribution is 6.00. The molecule has 37 heavy (non-hydrogen) atoms. The third-order valence-corrected chi connectivity index (χ3v) is 6.32. The molecule has 3 heterocycles. The quantitative estimate of drug-likeness (QED) is 0.330. The first kappa shape index (κ1) is 26.4. The van der Waals surface area contributed by atoms with Gasteiger partial charge in [0.2, 0.25) is 0 Å². The number of aromatic nitrogens is 2. The summed E-state index contributed by atoms with van der Waals surface area (Å²) in [6, 6.07) is 10.6. The standard InChI is InChI=1S/C27H31F3N6O/c1-16(2)34-25(37)21-15-33-24(36-19-6-5-18-14-31-9-7-17(18)11-19)13-22(21)35-20-8-10-32-23(12-20)26(3,4)27(28,29)30/h5-6,8,10-13,15-16,31H,7,9,14H2,1-4H3,(H,34,37)(H2,32,33,35,36). The van der Waals surface area contributed by atoms with Crippen LogP contribution in [0.4, 0.5) is 36.1 Å². The lowest BCUT2D eigenvalue weighted by atomic mass is 9.88. The first-order valence-corrected chi connectivity index (χ1v) is 12.1. The Labute approximate surface area is 214 Å². The number of hydrogen-bond acceptors (Lipinski definition) is 6. The van der Waals surface area contributed by atoms with Crippen molar-refractivity contribution in [3.63, 3.8) is 0 Å². The molecule has 0 unspecified atom stereocenters. The fourth-order valence-electron chi connectivity index (χ4n) is 4.00. The molecule has 196 valence electrons. The highest BCUT2D eigenvalue weighted by Crippen LogP contribution is 2.40. The Morgan fingerprint density at radius 3 is 2.49 bits per heavy atom. The van der Waals surface area contributed by atoms with E-state index in [1.165, 1.54) is 29.6 Å². The van der Waals surface area contributed by atoms with Gasteiger partial charge in [0.1, 0.15) is 11.2 Å². The van der Waals surface area contributed by atoms with Gasteiger partial charge in [0.15, 0.2) is 0 Å². The summed E-state index contributed by atoms with van der Waals surface area (Å²) >= 11 is 0. The lowest BCUT2D eigenvalue weighted by Crippen LogP contribution is -2.37. The molecular formula is C27H31F3N6O. The van der Waals surface area contributed by atoms with Gasteiger partial charge in [-0.2, -0.15) is 13.2 Å². The van der Waals surface area contributed by atoms with E-state index in [0.29, 0.717) is 17.2 Å². The molecule has 0 atom stereocenters. The van der Waals surface area contributed by atoms with Crippen molar-refractivity contribution in [2.24, 2.45) is 0 Å². The molecule has 1 amide bonds. The summed E-state index contributed by atoms with van der Waals surface area (Å²) in [6.07, 6.45) is -0.772. The van der Waals surface area contributed by atoms with Crippen LogP contribution < -0.4 is 21.3 Å². The highest BCUT2D eigenvalue weighted by atomic mass is 19.4. The summed E-state index contributed by atoms with van der Waals surface area (Å²) in [6.45, 7) is 7.61. The topological polar surface area (TPSA) is 91.0 Å². The van der Waals surface area contributed by atoms with E-state index in [0.717, 1.165) is 39.0 Å².